The summed E-state index contributed by atoms with van der Waals surface area (Å²) in [7, 11) is 0. The van der Waals surface area contributed by atoms with Gasteiger partial charge in [-0.05, 0) is 32.2 Å². The number of nitrogens with two attached hydrogens (primary N) is 1. The molecule has 0 saturated heterocycles. The van der Waals surface area contributed by atoms with Gasteiger partial charge in [0.05, 0.1) is 6.54 Å². The van der Waals surface area contributed by atoms with Crippen molar-refractivity contribution < 1.29 is 0 Å². The quantitative estimate of drug-likeness (QED) is 0.917. The van der Waals surface area contributed by atoms with Crippen LogP contribution >= 0.6 is 11.3 Å². The van der Waals surface area contributed by atoms with Gasteiger partial charge in [0.15, 0.2) is 0 Å². The molecule has 2 aromatic heterocycles. The highest BCUT2D eigenvalue weighted by Gasteiger charge is 2.18. The Hall–Kier alpha value is -1.62. The number of aromatic nitrogens is 2. The van der Waals surface area contributed by atoms with Crippen LogP contribution in [0.5, 0.6) is 0 Å². The summed E-state index contributed by atoms with van der Waals surface area (Å²) in [6.45, 7) is 9.25. The molecule has 0 radical (unpaired) electrons. The Morgan fingerprint density at radius 1 is 1.35 bits per heavy atom. The predicted octanol–water partition coefficient (Wildman–Crippen LogP) is 3.41. The van der Waals surface area contributed by atoms with Crippen molar-refractivity contribution in [2.24, 2.45) is 0 Å². The van der Waals surface area contributed by atoms with E-state index in [2.05, 4.69) is 41.2 Å². The first-order valence-corrected chi connectivity index (χ1v) is 7.82. The Balaban J connectivity index is 2.41. The fraction of sp³-hybridized carbons (Fsp3) is 0.467. The van der Waals surface area contributed by atoms with Gasteiger partial charge in [-0.1, -0.05) is 13.0 Å². The summed E-state index contributed by atoms with van der Waals surface area (Å²) in [5, 5.41) is 2.10. The van der Waals surface area contributed by atoms with E-state index in [1.54, 1.807) is 11.3 Å². The lowest BCUT2D eigenvalue weighted by Gasteiger charge is -2.29. The number of aryl methyl sites for hydroxylation is 1. The normalized spacial score (nSPS) is 11.1. The van der Waals surface area contributed by atoms with Crippen LogP contribution in [0.15, 0.2) is 17.5 Å². The molecule has 0 bridgehead atoms. The molecule has 5 heteroatoms. The van der Waals surface area contributed by atoms with Gasteiger partial charge in [-0.15, -0.1) is 11.3 Å². The van der Waals surface area contributed by atoms with Crippen molar-refractivity contribution in [2.45, 2.75) is 46.7 Å². The topological polar surface area (TPSA) is 55.0 Å². The molecule has 2 N–H and O–H groups in total. The van der Waals surface area contributed by atoms with Crippen molar-refractivity contribution in [1.82, 2.24) is 9.97 Å². The van der Waals surface area contributed by atoms with Crippen LogP contribution in [-0.4, -0.2) is 16.0 Å². The van der Waals surface area contributed by atoms with E-state index in [4.69, 9.17) is 10.7 Å². The van der Waals surface area contributed by atoms with E-state index in [0.29, 0.717) is 11.9 Å². The molecule has 2 rings (SSSR count). The van der Waals surface area contributed by atoms with Gasteiger partial charge in [-0.25, -0.2) is 9.97 Å². The molecule has 0 aromatic carbocycles. The molecule has 0 unspecified atom stereocenters. The molecular formula is C15H22N4S. The zero-order valence-electron chi connectivity index (χ0n) is 12.6. The van der Waals surface area contributed by atoms with E-state index in [9.17, 15) is 0 Å². The number of nitrogens with zero attached hydrogens (tertiary/aromatic N) is 3. The highest BCUT2D eigenvalue weighted by atomic mass is 32.1. The maximum Gasteiger partial charge on any atom is 0.137 e. The third-order valence-electron chi connectivity index (χ3n) is 3.32. The molecule has 0 spiro atoms. The Kier molecular flexibility index (Phi) is 4.60. The molecule has 0 atom stereocenters. The average molecular weight is 290 g/mol. The third kappa shape index (κ3) is 3.10. The predicted molar refractivity (Wildman–Crippen MR) is 86.2 cm³/mol. The van der Waals surface area contributed by atoms with E-state index in [-0.39, 0.29) is 0 Å². The number of anilines is 2. The molecule has 2 heterocycles. The summed E-state index contributed by atoms with van der Waals surface area (Å²) in [5.41, 5.74) is 7.00. The van der Waals surface area contributed by atoms with Crippen LogP contribution in [0.1, 0.15) is 37.0 Å². The van der Waals surface area contributed by atoms with E-state index < -0.39 is 0 Å². The van der Waals surface area contributed by atoms with Gasteiger partial charge in [0.25, 0.3) is 0 Å². The smallest absolute Gasteiger partial charge is 0.137 e. The lowest BCUT2D eigenvalue weighted by molar-refractivity contribution is 0.670. The summed E-state index contributed by atoms with van der Waals surface area (Å²) in [5.74, 6) is 2.35. The van der Waals surface area contributed by atoms with Crippen molar-refractivity contribution in [3.63, 3.8) is 0 Å². The molecule has 0 aliphatic rings. The van der Waals surface area contributed by atoms with Crippen LogP contribution in [0.2, 0.25) is 0 Å². The van der Waals surface area contributed by atoms with Gasteiger partial charge in [0.1, 0.15) is 17.5 Å². The molecule has 0 fully saturated rings. The van der Waals surface area contributed by atoms with Gasteiger partial charge in [-0.2, -0.15) is 0 Å². The van der Waals surface area contributed by atoms with Crippen LogP contribution < -0.4 is 10.6 Å². The number of hydrogen-bond donors (Lipinski definition) is 1. The number of hydrogen-bond acceptors (Lipinski definition) is 5. The highest BCUT2D eigenvalue weighted by Crippen LogP contribution is 2.26. The lowest BCUT2D eigenvalue weighted by atomic mass is 10.2. The summed E-state index contributed by atoms with van der Waals surface area (Å²) in [4.78, 5) is 12.6. The van der Waals surface area contributed by atoms with Crippen molar-refractivity contribution in [1.29, 1.82) is 0 Å². The zero-order valence-corrected chi connectivity index (χ0v) is 13.4. The minimum Gasteiger partial charge on any atom is -0.383 e. The van der Waals surface area contributed by atoms with E-state index in [0.717, 1.165) is 30.2 Å². The summed E-state index contributed by atoms with van der Waals surface area (Å²) >= 11 is 1.77. The summed E-state index contributed by atoms with van der Waals surface area (Å²) in [6.07, 6.45) is 0.794. The first-order chi connectivity index (χ1) is 9.52. The molecule has 2 aromatic rings. The van der Waals surface area contributed by atoms with Crippen molar-refractivity contribution in [3.8, 4) is 0 Å². The van der Waals surface area contributed by atoms with Crippen LogP contribution in [-0.2, 0) is 13.0 Å². The second-order valence-corrected chi connectivity index (χ2v) is 6.16. The third-order valence-corrected chi connectivity index (χ3v) is 4.18. The molecule has 0 amide bonds. The SMILES string of the molecule is CCc1nc(N)c(C)c(N(Cc2cccs2)C(C)C)n1. The van der Waals surface area contributed by atoms with E-state index in [1.807, 2.05) is 13.8 Å². The zero-order chi connectivity index (χ0) is 14.7. The van der Waals surface area contributed by atoms with E-state index >= 15 is 0 Å². The van der Waals surface area contributed by atoms with Crippen molar-refractivity contribution in [3.05, 3.63) is 33.8 Å². The van der Waals surface area contributed by atoms with Crippen molar-refractivity contribution in [2.75, 3.05) is 10.6 Å². The molecule has 108 valence electrons. The second-order valence-electron chi connectivity index (χ2n) is 5.13. The Labute approximate surface area is 124 Å². The highest BCUT2D eigenvalue weighted by molar-refractivity contribution is 7.09. The maximum absolute atomic E-state index is 6.03. The number of rotatable bonds is 5. The molecule has 0 aliphatic carbocycles. The summed E-state index contributed by atoms with van der Waals surface area (Å²) in [6, 6.07) is 4.59. The Bertz CT molecular complexity index is 564. The minimum atomic E-state index is 0.356. The average Bonchev–Trinajstić information content (AvgIpc) is 2.92. The molecular weight excluding hydrogens is 268 g/mol. The van der Waals surface area contributed by atoms with Gasteiger partial charge in [0.2, 0.25) is 0 Å². The minimum absolute atomic E-state index is 0.356. The van der Waals surface area contributed by atoms with Crippen LogP contribution in [0.4, 0.5) is 11.6 Å². The first kappa shape index (κ1) is 14.8. The molecule has 0 aliphatic heterocycles. The van der Waals surface area contributed by atoms with Crippen LogP contribution in [0, 0.1) is 6.92 Å². The Morgan fingerprint density at radius 2 is 2.10 bits per heavy atom. The molecule has 4 nitrogen and oxygen atoms in total. The summed E-state index contributed by atoms with van der Waals surface area (Å²) < 4.78 is 0. The maximum atomic E-state index is 6.03. The molecule has 0 saturated carbocycles. The van der Waals surface area contributed by atoms with Gasteiger partial charge >= 0.3 is 0 Å². The standard InChI is InChI=1S/C15H22N4S/c1-5-13-17-14(16)11(4)15(18-13)19(10(2)3)9-12-7-6-8-20-12/h6-8,10H,5,9H2,1-4H3,(H2,16,17,18). The van der Waals surface area contributed by atoms with E-state index in [1.165, 1.54) is 4.88 Å². The van der Waals surface area contributed by atoms with Crippen molar-refractivity contribution >= 4 is 23.0 Å². The van der Waals surface area contributed by atoms with Crippen LogP contribution in [0.25, 0.3) is 0 Å². The first-order valence-electron chi connectivity index (χ1n) is 6.95. The van der Waals surface area contributed by atoms with Gasteiger partial charge < -0.3 is 10.6 Å². The Morgan fingerprint density at radius 3 is 2.65 bits per heavy atom. The largest absolute Gasteiger partial charge is 0.383 e. The number of thiophene rings is 1. The second kappa shape index (κ2) is 6.22. The van der Waals surface area contributed by atoms with Crippen LogP contribution in [0.3, 0.4) is 0 Å². The fourth-order valence-corrected chi connectivity index (χ4v) is 2.78. The fourth-order valence-electron chi connectivity index (χ4n) is 2.08. The van der Waals surface area contributed by atoms with Gasteiger partial charge in [0, 0.05) is 22.9 Å². The molecule has 20 heavy (non-hydrogen) atoms. The van der Waals surface area contributed by atoms with Gasteiger partial charge in [-0.3, -0.25) is 0 Å². The monoisotopic (exact) mass is 290 g/mol. The lowest BCUT2D eigenvalue weighted by Crippen LogP contribution is -2.32. The number of nitrogen functional groups attached to an aromatic ring is 1.